The van der Waals surface area contributed by atoms with E-state index >= 15 is 0 Å². The summed E-state index contributed by atoms with van der Waals surface area (Å²) in [5.74, 6) is -3.22. The van der Waals surface area contributed by atoms with Gasteiger partial charge in [0, 0.05) is 37.3 Å². The normalized spacial score (nSPS) is 24.8. The molecule has 1 saturated heterocycles. The molecule has 11 heteroatoms. The van der Waals surface area contributed by atoms with Gasteiger partial charge in [-0.15, -0.1) is 0 Å². The molecular formula is C27H30F3N5O3. The van der Waals surface area contributed by atoms with Crippen LogP contribution in [0.3, 0.4) is 0 Å². The Bertz CT molecular complexity index is 1450. The quantitative estimate of drug-likeness (QED) is 0.466. The van der Waals surface area contributed by atoms with Gasteiger partial charge in [-0.25, -0.2) is 18.2 Å². The minimum Gasteiger partial charge on any atom is -0.480 e. The molecular weight excluding hydrogens is 499 g/mol. The van der Waals surface area contributed by atoms with E-state index in [0.717, 1.165) is 6.20 Å². The molecule has 3 atom stereocenters. The molecule has 3 aromatic rings. The number of aryl methyl sites for hydroxylation is 1. The number of aromatic nitrogens is 2. The van der Waals surface area contributed by atoms with E-state index in [4.69, 9.17) is 4.74 Å². The minimum absolute atomic E-state index is 0.143. The Morgan fingerprint density at radius 3 is 2.76 bits per heavy atom. The van der Waals surface area contributed by atoms with Crippen LogP contribution in [0.1, 0.15) is 26.2 Å². The fourth-order valence-corrected chi connectivity index (χ4v) is 5.64. The zero-order valence-electron chi connectivity index (χ0n) is 21.2. The number of hydrogen-bond donors (Lipinski definition) is 3. The van der Waals surface area contributed by atoms with Gasteiger partial charge in [-0.2, -0.15) is 0 Å². The number of halogens is 3. The Hall–Kier alpha value is -3.47. The monoisotopic (exact) mass is 529 g/mol. The van der Waals surface area contributed by atoms with Crippen molar-refractivity contribution < 1.29 is 23.0 Å². The van der Waals surface area contributed by atoms with Gasteiger partial charge in [0.1, 0.15) is 5.82 Å². The van der Waals surface area contributed by atoms with Gasteiger partial charge in [-0.1, -0.05) is 6.92 Å². The lowest BCUT2D eigenvalue weighted by atomic mass is 9.98. The molecule has 2 aliphatic heterocycles. The highest BCUT2D eigenvalue weighted by Crippen LogP contribution is 2.45. The molecule has 0 amide bonds. The Labute approximate surface area is 217 Å². The molecule has 38 heavy (non-hydrogen) atoms. The Morgan fingerprint density at radius 1 is 1.24 bits per heavy atom. The highest BCUT2D eigenvalue weighted by molar-refractivity contribution is 5.97. The predicted molar refractivity (Wildman–Crippen MR) is 139 cm³/mol. The lowest BCUT2D eigenvalue weighted by molar-refractivity contribution is -0.0579. The van der Waals surface area contributed by atoms with Crippen molar-refractivity contribution >= 4 is 33.8 Å². The fourth-order valence-electron chi connectivity index (χ4n) is 5.64. The Kier molecular flexibility index (Phi) is 5.93. The number of alkyl halides is 2. The van der Waals surface area contributed by atoms with Gasteiger partial charge in [0.25, 0.3) is 5.56 Å². The van der Waals surface area contributed by atoms with Gasteiger partial charge >= 0.3 is 5.92 Å². The van der Waals surface area contributed by atoms with Gasteiger partial charge in [-0.05, 0) is 49.3 Å². The number of hydrogen-bond acceptors (Lipinski definition) is 7. The van der Waals surface area contributed by atoms with E-state index in [-0.39, 0.29) is 29.0 Å². The lowest BCUT2D eigenvalue weighted by Gasteiger charge is -2.35. The number of pyridine rings is 2. The number of fused-ring (bicyclic) bond motifs is 3. The molecule has 6 rings (SSSR count). The maximum Gasteiger partial charge on any atom is 0.301 e. The average Bonchev–Trinajstić information content (AvgIpc) is 3.71. The number of piperidine rings is 1. The highest BCUT2D eigenvalue weighted by Gasteiger charge is 2.51. The molecule has 1 aliphatic carbocycles. The Balaban J connectivity index is 1.38. The van der Waals surface area contributed by atoms with E-state index < -0.39 is 36.1 Å². The van der Waals surface area contributed by atoms with Crippen molar-refractivity contribution in [3.8, 4) is 5.75 Å². The van der Waals surface area contributed by atoms with E-state index in [1.165, 1.54) is 4.57 Å². The first kappa shape index (κ1) is 24.8. The third kappa shape index (κ3) is 4.42. The number of nitrogens with zero attached hydrogens (tertiary/aromatic N) is 3. The van der Waals surface area contributed by atoms with Crippen LogP contribution in [0.25, 0.3) is 10.9 Å². The van der Waals surface area contributed by atoms with Crippen molar-refractivity contribution in [2.75, 3.05) is 35.2 Å². The summed E-state index contributed by atoms with van der Waals surface area (Å²) < 4.78 is 51.4. The topological polar surface area (TPSA) is 91.7 Å². The molecule has 3 N–H and O–H groups in total. The molecule has 0 radical (unpaired) electrons. The molecule has 4 heterocycles. The van der Waals surface area contributed by atoms with Crippen LogP contribution in [0.5, 0.6) is 5.75 Å². The van der Waals surface area contributed by atoms with Gasteiger partial charge in [-0.3, -0.25) is 4.79 Å². The third-order valence-corrected chi connectivity index (χ3v) is 7.69. The zero-order valence-corrected chi connectivity index (χ0v) is 21.2. The molecule has 0 bridgehead atoms. The first-order valence-electron chi connectivity index (χ1n) is 12.9. The van der Waals surface area contributed by atoms with E-state index in [2.05, 4.69) is 15.6 Å². The molecule has 0 spiro atoms. The largest absolute Gasteiger partial charge is 0.480 e. The van der Waals surface area contributed by atoms with Crippen LogP contribution >= 0.6 is 0 Å². The van der Waals surface area contributed by atoms with Crippen molar-refractivity contribution in [2.45, 2.75) is 44.3 Å². The molecule has 2 aromatic heterocycles. The summed E-state index contributed by atoms with van der Waals surface area (Å²) in [6.07, 6.45) is 2.74. The summed E-state index contributed by atoms with van der Waals surface area (Å²) in [5, 5.41) is 16.7. The third-order valence-electron chi connectivity index (χ3n) is 7.69. The molecule has 1 saturated carbocycles. The minimum atomic E-state index is -3.14. The number of benzene rings is 1. The van der Waals surface area contributed by atoms with E-state index in [1.807, 2.05) is 11.8 Å². The first-order valence-corrected chi connectivity index (χ1v) is 12.9. The molecule has 1 aromatic carbocycles. The summed E-state index contributed by atoms with van der Waals surface area (Å²) in [5.41, 5.74) is 0.942. The van der Waals surface area contributed by atoms with E-state index in [1.54, 1.807) is 31.3 Å². The van der Waals surface area contributed by atoms with Crippen molar-refractivity contribution in [3.05, 3.63) is 46.6 Å². The highest BCUT2D eigenvalue weighted by atomic mass is 19.3. The first-order chi connectivity index (χ1) is 18.1. The summed E-state index contributed by atoms with van der Waals surface area (Å²) in [6.45, 7) is 2.28. The van der Waals surface area contributed by atoms with Crippen molar-refractivity contribution in [3.63, 3.8) is 0 Å². The lowest BCUT2D eigenvalue weighted by Crippen LogP contribution is -2.44. The summed E-state index contributed by atoms with van der Waals surface area (Å²) in [7, 11) is 1.56. The number of rotatable bonds is 4. The number of anilines is 4. The second-order valence-electron chi connectivity index (χ2n) is 10.9. The maximum atomic E-state index is 14.9. The molecule has 202 valence electrons. The van der Waals surface area contributed by atoms with Crippen LogP contribution in [0.2, 0.25) is 0 Å². The standard InChI is InChI=1S/C27H30F3N5O3/c1-14-7-17(36)12-35(11-14)22-9-20(19(28)10-31-22)32-16-5-6-21-18(8-16)23-24(26(37)34(21)2)38-13-27(29,30)25(33-23)15-3-4-15/h5-6,8-10,14-15,17,25,33,36H,3-4,7,11-13H2,1-2H3,(H,31,32)/t14-,17+,25-/m0/s1. The van der Waals surface area contributed by atoms with Crippen LogP contribution < -0.4 is 25.8 Å². The van der Waals surface area contributed by atoms with Crippen LogP contribution in [0.4, 0.5) is 36.1 Å². The van der Waals surface area contributed by atoms with Crippen LogP contribution in [-0.2, 0) is 7.05 Å². The number of ether oxygens (including phenoxy) is 1. The predicted octanol–water partition coefficient (Wildman–Crippen LogP) is 4.24. The summed E-state index contributed by atoms with van der Waals surface area (Å²) in [4.78, 5) is 19.1. The molecule has 8 nitrogen and oxygen atoms in total. The van der Waals surface area contributed by atoms with Crippen molar-refractivity contribution in [2.24, 2.45) is 18.9 Å². The molecule has 3 aliphatic rings. The molecule has 2 fully saturated rings. The van der Waals surface area contributed by atoms with Crippen LogP contribution in [-0.4, -0.2) is 52.4 Å². The number of aliphatic hydroxyl groups excluding tert-OH is 1. The van der Waals surface area contributed by atoms with E-state index in [0.29, 0.717) is 54.8 Å². The zero-order chi connectivity index (χ0) is 26.8. The second-order valence-corrected chi connectivity index (χ2v) is 10.9. The number of aliphatic hydroxyl groups is 1. The SMILES string of the molecule is C[C@H]1C[C@@H](O)CN(c2cc(Nc3ccc4c(c3)c3c(c(=O)n4C)OCC(F)(F)[C@H](C4CC4)N3)c(F)cn2)C1. The second kappa shape index (κ2) is 9.07. The van der Waals surface area contributed by atoms with Gasteiger partial charge in [0.2, 0.25) is 5.75 Å². The van der Waals surface area contributed by atoms with Gasteiger partial charge in [0.15, 0.2) is 12.4 Å². The fraction of sp³-hybridized carbons (Fsp3) is 0.481. The molecule has 0 unspecified atom stereocenters. The van der Waals surface area contributed by atoms with Crippen LogP contribution in [0.15, 0.2) is 35.3 Å². The summed E-state index contributed by atoms with van der Waals surface area (Å²) in [6, 6.07) is 5.54. The number of nitrogens with one attached hydrogen (secondary N) is 2. The number of β-amino-alcohol motifs (C(OH)–C–C–N with tert-alkyl or cyclic N) is 1. The van der Waals surface area contributed by atoms with Gasteiger partial charge in [0.05, 0.1) is 35.2 Å². The van der Waals surface area contributed by atoms with Crippen LogP contribution in [0, 0.1) is 17.7 Å². The Morgan fingerprint density at radius 2 is 2.03 bits per heavy atom. The van der Waals surface area contributed by atoms with Gasteiger partial charge < -0.3 is 29.9 Å². The maximum absolute atomic E-state index is 14.9. The van der Waals surface area contributed by atoms with E-state index in [9.17, 15) is 23.1 Å². The van der Waals surface area contributed by atoms with Crippen molar-refractivity contribution in [1.82, 2.24) is 9.55 Å². The average molecular weight is 530 g/mol. The smallest absolute Gasteiger partial charge is 0.301 e. The van der Waals surface area contributed by atoms with Crippen molar-refractivity contribution in [1.29, 1.82) is 0 Å². The summed E-state index contributed by atoms with van der Waals surface area (Å²) >= 11 is 0.